The van der Waals surface area contributed by atoms with Crippen LogP contribution in [0.5, 0.6) is 0 Å². The minimum atomic E-state index is -0.628. The predicted molar refractivity (Wildman–Crippen MR) is 78.2 cm³/mol. The van der Waals surface area contributed by atoms with Crippen molar-refractivity contribution in [2.75, 3.05) is 24.5 Å². The first-order chi connectivity index (χ1) is 9.46. The number of benzene rings is 1. The van der Waals surface area contributed by atoms with E-state index in [-0.39, 0.29) is 11.7 Å². The van der Waals surface area contributed by atoms with Crippen LogP contribution in [0.3, 0.4) is 0 Å². The maximum atomic E-state index is 13.5. The molecule has 1 aromatic rings. The molecular weight excluding hydrogens is 257 g/mol. The van der Waals surface area contributed by atoms with Gasteiger partial charge in [-0.2, -0.15) is 0 Å². The van der Waals surface area contributed by atoms with Gasteiger partial charge in [0.25, 0.3) is 0 Å². The lowest BCUT2D eigenvalue weighted by Crippen LogP contribution is -2.62. The summed E-state index contributed by atoms with van der Waals surface area (Å²) in [5.41, 5.74) is 1.18. The van der Waals surface area contributed by atoms with E-state index in [1.54, 1.807) is 12.1 Å². The molecule has 4 nitrogen and oxygen atoms in total. The van der Waals surface area contributed by atoms with E-state index in [9.17, 15) is 9.18 Å². The van der Waals surface area contributed by atoms with Crippen molar-refractivity contribution in [3.8, 4) is 0 Å². The number of nitrogens with zero attached hydrogens (tertiary/aromatic N) is 1. The molecule has 110 valence electrons. The number of rotatable bonds is 4. The second kappa shape index (κ2) is 5.79. The molecule has 0 bridgehead atoms. The Hall–Kier alpha value is -1.62. The van der Waals surface area contributed by atoms with Crippen LogP contribution in [-0.4, -0.2) is 31.1 Å². The molecular formula is C15H22FN3O. The number of carbonyl (C=O) groups excluding carboxylic acids is 1. The lowest BCUT2D eigenvalue weighted by molar-refractivity contribution is -0.126. The molecule has 0 spiro atoms. The fourth-order valence-corrected chi connectivity index (χ4v) is 2.54. The molecule has 1 amide bonds. The van der Waals surface area contributed by atoms with Gasteiger partial charge in [-0.1, -0.05) is 6.92 Å². The number of carbonyl (C=O) groups is 1. The minimum Gasteiger partial charge on any atom is -0.355 e. The maximum absolute atomic E-state index is 13.5. The van der Waals surface area contributed by atoms with Gasteiger partial charge in [-0.25, -0.2) is 4.39 Å². The van der Waals surface area contributed by atoms with E-state index in [2.05, 4.69) is 15.5 Å². The summed E-state index contributed by atoms with van der Waals surface area (Å²) in [6.45, 7) is 8.54. The van der Waals surface area contributed by atoms with Gasteiger partial charge in [0.2, 0.25) is 5.91 Å². The van der Waals surface area contributed by atoms with Gasteiger partial charge < -0.3 is 15.5 Å². The molecule has 0 saturated carbocycles. The SMILES string of the molecule is CCNCc1cc(F)ccc1N1CCNC(=O)C1(C)C. The van der Waals surface area contributed by atoms with E-state index in [0.717, 1.165) is 24.3 Å². The Morgan fingerprint density at radius 2 is 2.20 bits per heavy atom. The van der Waals surface area contributed by atoms with Crippen LogP contribution in [0.25, 0.3) is 0 Å². The van der Waals surface area contributed by atoms with Crippen molar-refractivity contribution in [1.82, 2.24) is 10.6 Å². The number of halogens is 1. The largest absolute Gasteiger partial charge is 0.355 e. The molecule has 1 fully saturated rings. The second-order valence-electron chi connectivity index (χ2n) is 5.52. The Morgan fingerprint density at radius 1 is 1.45 bits per heavy atom. The third kappa shape index (κ3) is 2.77. The average molecular weight is 279 g/mol. The van der Waals surface area contributed by atoms with Crippen LogP contribution in [0.15, 0.2) is 18.2 Å². The van der Waals surface area contributed by atoms with E-state index >= 15 is 0 Å². The zero-order valence-corrected chi connectivity index (χ0v) is 12.3. The molecule has 0 aliphatic carbocycles. The first-order valence-corrected chi connectivity index (χ1v) is 7.02. The summed E-state index contributed by atoms with van der Waals surface area (Å²) in [5.74, 6) is -0.247. The number of hydrogen-bond donors (Lipinski definition) is 2. The molecule has 1 aliphatic heterocycles. The lowest BCUT2D eigenvalue weighted by Gasteiger charge is -2.43. The monoisotopic (exact) mass is 279 g/mol. The van der Waals surface area contributed by atoms with Gasteiger partial charge in [0, 0.05) is 25.3 Å². The smallest absolute Gasteiger partial charge is 0.245 e. The van der Waals surface area contributed by atoms with Crippen molar-refractivity contribution in [2.45, 2.75) is 32.9 Å². The van der Waals surface area contributed by atoms with Crippen LogP contribution in [0.2, 0.25) is 0 Å². The van der Waals surface area contributed by atoms with Crippen molar-refractivity contribution in [3.63, 3.8) is 0 Å². The van der Waals surface area contributed by atoms with Gasteiger partial charge in [0.05, 0.1) is 0 Å². The molecule has 0 unspecified atom stereocenters. The average Bonchev–Trinajstić information content (AvgIpc) is 2.40. The molecule has 20 heavy (non-hydrogen) atoms. The first kappa shape index (κ1) is 14.8. The van der Waals surface area contributed by atoms with Crippen LogP contribution in [-0.2, 0) is 11.3 Å². The lowest BCUT2D eigenvalue weighted by atomic mass is 9.96. The van der Waals surface area contributed by atoms with Gasteiger partial charge in [-0.15, -0.1) is 0 Å². The third-order valence-electron chi connectivity index (χ3n) is 3.75. The quantitative estimate of drug-likeness (QED) is 0.881. The molecule has 0 radical (unpaired) electrons. The van der Waals surface area contributed by atoms with Crippen LogP contribution in [0, 0.1) is 5.82 Å². The van der Waals surface area contributed by atoms with Crippen molar-refractivity contribution in [1.29, 1.82) is 0 Å². The normalized spacial score (nSPS) is 18.0. The summed E-state index contributed by atoms with van der Waals surface area (Å²) in [6.07, 6.45) is 0. The van der Waals surface area contributed by atoms with Crippen LogP contribution in [0.4, 0.5) is 10.1 Å². The standard InChI is InChI=1S/C15H22FN3O/c1-4-17-10-11-9-12(16)5-6-13(11)19-8-7-18-14(20)15(19,2)3/h5-6,9,17H,4,7-8,10H2,1-3H3,(H,18,20). The van der Waals surface area contributed by atoms with E-state index in [0.29, 0.717) is 13.1 Å². The van der Waals surface area contributed by atoms with Gasteiger partial charge in [0.15, 0.2) is 0 Å². The van der Waals surface area contributed by atoms with Crippen LogP contribution < -0.4 is 15.5 Å². The predicted octanol–water partition coefficient (Wildman–Crippen LogP) is 1.65. The Balaban J connectivity index is 2.37. The molecule has 0 aromatic heterocycles. The van der Waals surface area contributed by atoms with Crippen molar-refractivity contribution in [3.05, 3.63) is 29.6 Å². The van der Waals surface area contributed by atoms with E-state index < -0.39 is 5.54 Å². The number of anilines is 1. The molecule has 1 aromatic carbocycles. The maximum Gasteiger partial charge on any atom is 0.245 e. The Morgan fingerprint density at radius 3 is 2.90 bits per heavy atom. The van der Waals surface area contributed by atoms with Crippen LogP contribution in [0.1, 0.15) is 26.3 Å². The third-order valence-corrected chi connectivity index (χ3v) is 3.75. The van der Waals surface area contributed by atoms with Gasteiger partial charge in [-0.3, -0.25) is 4.79 Å². The fraction of sp³-hybridized carbons (Fsp3) is 0.533. The van der Waals surface area contributed by atoms with Gasteiger partial charge in [-0.05, 0) is 44.2 Å². The summed E-state index contributed by atoms with van der Waals surface area (Å²) in [6, 6.07) is 4.76. The molecule has 2 N–H and O–H groups in total. The minimum absolute atomic E-state index is 0.00229. The number of piperazine rings is 1. The van der Waals surface area contributed by atoms with Crippen molar-refractivity contribution in [2.24, 2.45) is 0 Å². The first-order valence-electron chi connectivity index (χ1n) is 7.02. The number of nitrogens with one attached hydrogen (secondary N) is 2. The van der Waals surface area contributed by atoms with E-state index in [1.165, 1.54) is 6.07 Å². The number of hydrogen-bond acceptors (Lipinski definition) is 3. The van der Waals surface area contributed by atoms with Crippen molar-refractivity contribution < 1.29 is 9.18 Å². The summed E-state index contributed by atoms with van der Waals surface area (Å²) < 4.78 is 13.5. The summed E-state index contributed by atoms with van der Waals surface area (Å²) in [5, 5.41) is 6.09. The van der Waals surface area contributed by atoms with Gasteiger partial charge in [0.1, 0.15) is 11.4 Å². The highest BCUT2D eigenvalue weighted by Gasteiger charge is 2.38. The molecule has 2 rings (SSSR count). The Labute approximate surface area is 119 Å². The topological polar surface area (TPSA) is 44.4 Å². The van der Waals surface area contributed by atoms with Crippen LogP contribution >= 0.6 is 0 Å². The summed E-state index contributed by atoms with van der Waals surface area (Å²) in [7, 11) is 0. The fourth-order valence-electron chi connectivity index (χ4n) is 2.54. The number of amides is 1. The van der Waals surface area contributed by atoms with E-state index in [4.69, 9.17) is 0 Å². The molecule has 5 heteroatoms. The zero-order valence-electron chi connectivity index (χ0n) is 12.3. The highest BCUT2D eigenvalue weighted by Crippen LogP contribution is 2.29. The molecule has 0 atom stereocenters. The van der Waals surface area contributed by atoms with Gasteiger partial charge >= 0.3 is 0 Å². The van der Waals surface area contributed by atoms with Crippen molar-refractivity contribution >= 4 is 11.6 Å². The molecule has 1 heterocycles. The highest BCUT2D eigenvalue weighted by atomic mass is 19.1. The summed E-state index contributed by atoms with van der Waals surface area (Å²) >= 11 is 0. The summed E-state index contributed by atoms with van der Waals surface area (Å²) in [4.78, 5) is 14.1. The Bertz CT molecular complexity index is 502. The highest BCUT2D eigenvalue weighted by molar-refractivity contribution is 5.90. The Kier molecular flexibility index (Phi) is 4.28. The zero-order chi connectivity index (χ0) is 14.8. The molecule has 1 aliphatic rings. The van der Waals surface area contributed by atoms with E-state index in [1.807, 2.05) is 20.8 Å². The second-order valence-corrected chi connectivity index (χ2v) is 5.52. The molecule has 1 saturated heterocycles.